The lowest BCUT2D eigenvalue weighted by atomic mass is 10.0. The largest absolute Gasteiger partial charge is 0.507 e. The van der Waals surface area contributed by atoms with Crippen molar-refractivity contribution in [1.29, 1.82) is 0 Å². The van der Waals surface area contributed by atoms with E-state index in [9.17, 15) is 9.90 Å². The zero-order chi connectivity index (χ0) is 15.5. The molecule has 0 aliphatic rings. The van der Waals surface area contributed by atoms with Crippen molar-refractivity contribution in [2.45, 2.75) is 6.92 Å². The number of benzene rings is 2. The molecule has 0 bridgehead atoms. The second-order valence-electron chi connectivity index (χ2n) is 5.15. The van der Waals surface area contributed by atoms with Crippen molar-refractivity contribution in [3.63, 3.8) is 0 Å². The van der Waals surface area contributed by atoms with Gasteiger partial charge in [-0.25, -0.2) is 0 Å². The number of aromatic hydroxyl groups is 1. The number of phenols is 1. The maximum atomic E-state index is 12.5. The fourth-order valence-electron chi connectivity index (χ4n) is 2.30. The molecule has 0 spiro atoms. The molecule has 1 aromatic heterocycles. The second kappa shape index (κ2) is 5.82. The highest BCUT2D eigenvalue weighted by Gasteiger charge is 2.14. The van der Waals surface area contributed by atoms with E-state index in [0.29, 0.717) is 11.1 Å². The SMILES string of the molecule is Cc1ccc(O)c(C(=O)c2ccc(-c3ccccc3)nc2)c1. The summed E-state index contributed by atoms with van der Waals surface area (Å²) in [5.41, 5.74) is 3.50. The Morgan fingerprint density at radius 1 is 1.00 bits per heavy atom. The van der Waals surface area contributed by atoms with E-state index in [1.807, 2.05) is 43.3 Å². The Balaban J connectivity index is 1.93. The minimum Gasteiger partial charge on any atom is -0.507 e. The molecule has 3 nitrogen and oxygen atoms in total. The first-order chi connectivity index (χ1) is 10.6. The third-order valence-electron chi connectivity index (χ3n) is 3.49. The molecule has 108 valence electrons. The molecule has 0 saturated carbocycles. The van der Waals surface area contributed by atoms with Crippen LogP contribution in [0.4, 0.5) is 0 Å². The van der Waals surface area contributed by atoms with Crippen molar-refractivity contribution < 1.29 is 9.90 Å². The molecular weight excluding hydrogens is 274 g/mol. The summed E-state index contributed by atoms with van der Waals surface area (Å²) in [7, 11) is 0. The van der Waals surface area contributed by atoms with Crippen molar-refractivity contribution in [3.05, 3.63) is 83.6 Å². The van der Waals surface area contributed by atoms with Crippen LogP contribution in [0.3, 0.4) is 0 Å². The first-order valence-electron chi connectivity index (χ1n) is 7.01. The van der Waals surface area contributed by atoms with E-state index in [0.717, 1.165) is 16.8 Å². The van der Waals surface area contributed by atoms with E-state index in [-0.39, 0.29) is 11.5 Å². The van der Waals surface area contributed by atoms with Crippen molar-refractivity contribution in [2.75, 3.05) is 0 Å². The zero-order valence-electron chi connectivity index (χ0n) is 12.2. The average Bonchev–Trinajstić information content (AvgIpc) is 2.57. The number of aromatic nitrogens is 1. The van der Waals surface area contributed by atoms with Gasteiger partial charge in [0.05, 0.1) is 11.3 Å². The van der Waals surface area contributed by atoms with Crippen LogP contribution < -0.4 is 0 Å². The lowest BCUT2D eigenvalue weighted by Crippen LogP contribution is -2.03. The van der Waals surface area contributed by atoms with Crippen molar-refractivity contribution in [2.24, 2.45) is 0 Å². The monoisotopic (exact) mass is 289 g/mol. The Bertz CT molecular complexity index is 809. The molecule has 1 heterocycles. The molecule has 0 radical (unpaired) electrons. The molecule has 0 aliphatic carbocycles. The van der Waals surface area contributed by atoms with Crippen LogP contribution in [0.5, 0.6) is 5.75 Å². The highest BCUT2D eigenvalue weighted by molar-refractivity contribution is 6.10. The van der Waals surface area contributed by atoms with Gasteiger partial charge in [-0.15, -0.1) is 0 Å². The molecule has 0 aliphatic heterocycles. The highest BCUT2D eigenvalue weighted by Crippen LogP contribution is 2.23. The third kappa shape index (κ3) is 2.74. The average molecular weight is 289 g/mol. The number of carbonyl (C=O) groups excluding carboxylic acids is 1. The van der Waals surface area contributed by atoms with Gasteiger partial charge in [0.15, 0.2) is 5.78 Å². The molecule has 3 aromatic rings. The summed E-state index contributed by atoms with van der Waals surface area (Å²) in [6.07, 6.45) is 1.55. The summed E-state index contributed by atoms with van der Waals surface area (Å²) in [6.45, 7) is 1.88. The molecule has 0 saturated heterocycles. The quantitative estimate of drug-likeness (QED) is 0.742. The number of ketones is 1. The van der Waals surface area contributed by atoms with Gasteiger partial charge < -0.3 is 5.11 Å². The van der Waals surface area contributed by atoms with Crippen LogP contribution in [0, 0.1) is 6.92 Å². The predicted molar refractivity (Wildman–Crippen MR) is 85.9 cm³/mol. The molecule has 0 unspecified atom stereocenters. The second-order valence-corrected chi connectivity index (χ2v) is 5.15. The van der Waals surface area contributed by atoms with Crippen LogP contribution in [-0.4, -0.2) is 15.9 Å². The summed E-state index contributed by atoms with van der Waals surface area (Å²) in [5, 5.41) is 9.86. The van der Waals surface area contributed by atoms with Gasteiger partial charge in [-0.3, -0.25) is 9.78 Å². The molecule has 2 aromatic carbocycles. The Hall–Kier alpha value is -2.94. The number of pyridine rings is 1. The van der Waals surface area contributed by atoms with Crippen LogP contribution in [-0.2, 0) is 0 Å². The fraction of sp³-hybridized carbons (Fsp3) is 0.0526. The van der Waals surface area contributed by atoms with E-state index < -0.39 is 0 Å². The number of hydrogen-bond donors (Lipinski definition) is 1. The predicted octanol–water partition coefficient (Wildman–Crippen LogP) is 3.99. The first kappa shape index (κ1) is 14.0. The maximum Gasteiger partial charge on any atom is 0.198 e. The maximum absolute atomic E-state index is 12.5. The normalized spacial score (nSPS) is 10.4. The van der Waals surface area contributed by atoms with Gasteiger partial charge in [0.2, 0.25) is 0 Å². The van der Waals surface area contributed by atoms with Crippen molar-refractivity contribution in [3.8, 4) is 17.0 Å². The topological polar surface area (TPSA) is 50.2 Å². The lowest BCUT2D eigenvalue weighted by Gasteiger charge is -2.06. The Morgan fingerprint density at radius 2 is 1.77 bits per heavy atom. The molecule has 3 heteroatoms. The summed E-state index contributed by atoms with van der Waals surface area (Å²) >= 11 is 0. The molecule has 0 atom stereocenters. The van der Waals surface area contributed by atoms with Crippen molar-refractivity contribution >= 4 is 5.78 Å². The molecule has 0 fully saturated rings. The number of hydrogen-bond acceptors (Lipinski definition) is 3. The van der Waals surface area contributed by atoms with Crippen LogP contribution in [0.15, 0.2) is 66.9 Å². The number of phenolic OH excluding ortho intramolecular Hbond substituents is 1. The summed E-state index contributed by atoms with van der Waals surface area (Å²) < 4.78 is 0. The van der Waals surface area contributed by atoms with Gasteiger partial charge in [0, 0.05) is 17.3 Å². The Morgan fingerprint density at radius 3 is 2.45 bits per heavy atom. The standard InChI is InChI=1S/C19H15NO2/c1-13-7-10-18(21)16(11-13)19(22)15-8-9-17(20-12-15)14-5-3-2-4-6-14/h2-12,21H,1H3. The Kier molecular flexibility index (Phi) is 3.71. The third-order valence-corrected chi connectivity index (χ3v) is 3.49. The van der Waals surface area contributed by atoms with Gasteiger partial charge in [-0.2, -0.15) is 0 Å². The molecule has 22 heavy (non-hydrogen) atoms. The zero-order valence-corrected chi connectivity index (χ0v) is 12.2. The van der Waals surface area contributed by atoms with Gasteiger partial charge >= 0.3 is 0 Å². The van der Waals surface area contributed by atoms with Gasteiger partial charge in [-0.05, 0) is 31.2 Å². The summed E-state index contributed by atoms with van der Waals surface area (Å²) in [6, 6.07) is 18.3. The smallest absolute Gasteiger partial charge is 0.198 e. The van der Waals surface area contributed by atoms with E-state index in [1.54, 1.807) is 24.4 Å². The number of carbonyl (C=O) groups is 1. The number of rotatable bonds is 3. The molecule has 3 rings (SSSR count). The van der Waals surface area contributed by atoms with Crippen LogP contribution in [0.2, 0.25) is 0 Å². The summed E-state index contributed by atoms with van der Waals surface area (Å²) in [4.78, 5) is 16.8. The minimum atomic E-state index is -0.228. The van der Waals surface area contributed by atoms with Crippen LogP contribution >= 0.6 is 0 Å². The van der Waals surface area contributed by atoms with Crippen molar-refractivity contribution in [1.82, 2.24) is 4.98 Å². The molecular formula is C19H15NO2. The highest BCUT2D eigenvalue weighted by atomic mass is 16.3. The molecule has 0 amide bonds. The Labute approximate surface area is 128 Å². The van der Waals surface area contributed by atoms with Gasteiger partial charge in [0.25, 0.3) is 0 Å². The molecule has 1 N–H and O–H groups in total. The van der Waals surface area contributed by atoms with E-state index in [4.69, 9.17) is 0 Å². The van der Waals surface area contributed by atoms with Gasteiger partial charge in [0.1, 0.15) is 5.75 Å². The number of aryl methyl sites for hydroxylation is 1. The summed E-state index contributed by atoms with van der Waals surface area (Å²) in [5.74, 6) is -0.240. The number of nitrogens with zero attached hydrogens (tertiary/aromatic N) is 1. The van der Waals surface area contributed by atoms with E-state index in [1.165, 1.54) is 6.07 Å². The van der Waals surface area contributed by atoms with Gasteiger partial charge in [-0.1, -0.05) is 42.0 Å². The minimum absolute atomic E-state index is 0.0114. The van der Waals surface area contributed by atoms with E-state index in [2.05, 4.69) is 4.98 Å². The lowest BCUT2D eigenvalue weighted by molar-refractivity contribution is 0.103. The van der Waals surface area contributed by atoms with E-state index >= 15 is 0 Å². The van der Waals surface area contributed by atoms with Crippen LogP contribution in [0.25, 0.3) is 11.3 Å². The van der Waals surface area contributed by atoms with Crippen LogP contribution in [0.1, 0.15) is 21.5 Å². The first-order valence-corrected chi connectivity index (χ1v) is 7.01. The fourth-order valence-corrected chi connectivity index (χ4v) is 2.30.